The van der Waals surface area contributed by atoms with Crippen LogP contribution in [0.15, 0.2) is 0 Å². The van der Waals surface area contributed by atoms with Crippen molar-refractivity contribution < 1.29 is 5.11 Å². The molecule has 0 heterocycles. The molecule has 0 spiro atoms. The maximum atomic E-state index is 8.53. The first-order chi connectivity index (χ1) is 5.35. The number of hydrogen-bond acceptors (Lipinski definition) is 4. The van der Waals surface area contributed by atoms with Gasteiger partial charge in [0.25, 0.3) is 0 Å². The van der Waals surface area contributed by atoms with Gasteiger partial charge in [-0.3, -0.25) is 0 Å². The van der Waals surface area contributed by atoms with E-state index in [-0.39, 0.29) is 6.61 Å². The summed E-state index contributed by atoms with van der Waals surface area (Å²) < 4.78 is 0. The molecule has 68 valence electrons. The molecule has 1 atom stereocenters. The van der Waals surface area contributed by atoms with Crippen molar-refractivity contribution in [3.8, 4) is 0 Å². The summed E-state index contributed by atoms with van der Waals surface area (Å²) in [6, 6.07) is 0.370. The number of aliphatic hydroxyl groups excluding tert-OH is 1. The zero-order valence-corrected chi connectivity index (χ0v) is 7.86. The van der Waals surface area contributed by atoms with Gasteiger partial charge in [-0.1, -0.05) is 0 Å². The molecule has 4 heteroatoms. The standard InChI is InChI=1S/C7H18N2OS/c1-11-5-2-7(6-8)9-3-4-10/h7,9-10H,2-6,8H2,1H3. The lowest BCUT2D eigenvalue weighted by atomic mass is 10.2. The molecule has 0 amide bonds. The van der Waals surface area contributed by atoms with Crippen LogP contribution in [0.1, 0.15) is 6.42 Å². The predicted molar refractivity (Wildman–Crippen MR) is 50.9 cm³/mol. The van der Waals surface area contributed by atoms with Crippen LogP contribution in [0.2, 0.25) is 0 Å². The second kappa shape index (κ2) is 8.33. The second-order valence-corrected chi connectivity index (χ2v) is 3.38. The minimum Gasteiger partial charge on any atom is -0.395 e. The molecule has 0 saturated carbocycles. The Labute approximate surface area is 72.7 Å². The van der Waals surface area contributed by atoms with Gasteiger partial charge in [0.05, 0.1) is 6.61 Å². The van der Waals surface area contributed by atoms with Gasteiger partial charge in [-0.15, -0.1) is 0 Å². The molecule has 0 aromatic heterocycles. The van der Waals surface area contributed by atoms with E-state index in [2.05, 4.69) is 11.6 Å². The fourth-order valence-corrected chi connectivity index (χ4v) is 1.35. The van der Waals surface area contributed by atoms with E-state index in [0.717, 1.165) is 12.2 Å². The number of rotatable bonds is 7. The third-order valence-corrected chi connectivity index (χ3v) is 2.14. The molecule has 1 unspecified atom stereocenters. The summed E-state index contributed by atoms with van der Waals surface area (Å²) >= 11 is 1.82. The maximum absolute atomic E-state index is 8.53. The third kappa shape index (κ3) is 6.62. The average Bonchev–Trinajstić information content (AvgIpc) is 2.05. The van der Waals surface area contributed by atoms with E-state index in [0.29, 0.717) is 19.1 Å². The minimum absolute atomic E-state index is 0.190. The number of nitrogens with two attached hydrogens (primary N) is 1. The molecule has 3 nitrogen and oxygen atoms in total. The molecule has 11 heavy (non-hydrogen) atoms. The first-order valence-corrected chi connectivity index (χ1v) is 5.27. The molecule has 0 aromatic rings. The lowest BCUT2D eigenvalue weighted by Crippen LogP contribution is -2.38. The van der Waals surface area contributed by atoms with Crippen molar-refractivity contribution in [3.05, 3.63) is 0 Å². The molecule has 0 aliphatic carbocycles. The molecular formula is C7H18N2OS. The molecule has 0 fully saturated rings. The first kappa shape index (κ1) is 11.2. The fourth-order valence-electron chi connectivity index (χ4n) is 0.832. The number of hydrogen-bond donors (Lipinski definition) is 3. The highest BCUT2D eigenvalue weighted by atomic mass is 32.2. The summed E-state index contributed by atoms with van der Waals surface area (Å²) in [7, 11) is 0. The van der Waals surface area contributed by atoms with Crippen molar-refractivity contribution in [2.45, 2.75) is 12.5 Å². The number of aliphatic hydroxyl groups is 1. The minimum atomic E-state index is 0.190. The smallest absolute Gasteiger partial charge is 0.0556 e. The Kier molecular flexibility index (Phi) is 8.50. The Hall–Kier alpha value is 0.230. The third-order valence-electron chi connectivity index (χ3n) is 1.50. The van der Waals surface area contributed by atoms with Gasteiger partial charge < -0.3 is 16.2 Å². The van der Waals surface area contributed by atoms with Crippen LogP contribution in [-0.4, -0.2) is 42.9 Å². The van der Waals surface area contributed by atoms with Crippen LogP contribution in [0.3, 0.4) is 0 Å². The molecule has 0 aliphatic rings. The van der Waals surface area contributed by atoms with Crippen molar-refractivity contribution in [2.24, 2.45) is 5.73 Å². The van der Waals surface area contributed by atoms with E-state index in [4.69, 9.17) is 10.8 Å². The van der Waals surface area contributed by atoms with Gasteiger partial charge in [0, 0.05) is 19.1 Å². The summed E-state index contributed by atoms with van der Waals surface area (Å²) in [6.45, 7) is 1.49. The molecule has 0 radical (unpaired) electrons. The van der Waals surface area contributed by atoms with Crippen molar-refractivity contribution in [3.63, 3.8) is 0 Å². The van der Waals surface area contributed by atoms with Gasteiger partial charge in [0.2, 0.25) is 0 Å². The van der Waals surface area contributed by atoms with Gasteiger partial charge in [-0.25, -0.2) is 0 Å². The van der Waals surface area contributed by atoms with E-state index < -0.39 is 0 Å². The monoisotopic (exact) mass is 178 g/mol. The normalized spacial score (nSPS) is 13.4. The van der Waals surface area contributed by atoms with Gasteiger partial charge in [-0.05, 0) is 18.4 Å². The largest absolute Gasteiger partial charge is 0.395 e. The summed E-state index contributed by atoms with van der Waals surface area (Å²) in [6.07, 6.45) is 3.16. The molecule has 0 aromatic carbocycles. The first-order valence-electron chi connectivity index (χ1n) is 3.88. The van der Waals surface area contributed by atoms with E-state index >= 15 is 0 Å². The maximum Gasteiger partial charge on any atom is 0.0556 e. The molecule has 0 aliphatic heterocycles. The number of thioether (sulfide) groups is 1. The molecule has 0 saturated heterocycles. The predicted octanol–water partition coefficient (Wildman–Crippen LogP) is -0.351. The van der Waals surface area contributed by atoms with E-state index in [1.165, 1.54) is 0 Å². The average molecular weight is 178 g/mol. The van der Waals surface area contributed by atoms with Crippen LogP contribution in [-0.2, 0) is 0 Å². The number of nitrogens with one attached hydrogen (secondary N) is 1. The van der Waals surface area contributed by atoms with E-state index in [9.17, 15) is 0 Å². The Morgan fingerprint density at radius 3 is 2.82 bits per heavy atom. The quantitative estimate of drug-likeness (QED) is 0.499. The molecular weight excluding hydrogens is 160 g/mol. The van der Waals surface area contributed by atoms with Gasteiger partial charge >= 0.3 is 0 Å². The molecule has 0 bridgehead atoms. The van der Waals surface area contributed by atoms with Crippen LogP contribution in [0, 0.1) is 0 Å². The molecule has 0 rings (SSSR count). The van der Waals surface area contributed by atoms with E-state index in [1.54, 1.807) is 0 Å². The van der Waals surface area contributed by atoms with Crippen molar-refractivity contribution in [1.82, 2.24) is 5.32 Å². The van der Waals surface area contributed by atoms with E-state index in [1.807, 2.05) is 11.8 Å². The summed E-state index contributed by atoms with van der Waals surface area (Å²) in [4.78, 5) is 0. The van der Waals surface area contributed by atoms with Crippen molar-refractivity contribution in [2.75, 3.05) is 31.7 Å². The fraction of sp³-hybridized carbons (Fsp3) is 1.00. The zero-order valence-electron chi connectivity index (χ0n) is 7.05. The van der Waals surface area contributed by atoms with Gasteiger partial charge in [0.1, 0.15) is 0 Å². The SMILES string of the molecule is CSCCC(CN)NCCO. The molecule has 4 N–H and O–H groups in total. The highest BCUT2D eigenvalue weighted by Gasteiger charge is 2.02. The van der Waals surface area contributed by atoms with Crippen LogP contribution in [0.4, 0.5) is 0 Å². The Bertz CT molecular complexity index is 74.8. The summed E-state index contributed by atoms with van der Waals surface area (Å²) in [5.41, 5.74) is 5.50. The summed E-state index contributed by atoms with van der Waals surface area (Å²) in [5, 5.41) is 11.7. The van der Waals surface area contributed by atoms with Crippen LogP contribution in [0.5, 0.6) is 0 Å². The van der Waals surface area contributed by atoms with Crippen LogP contribution in [0.25, 0.3) is 0 Å². The highest BCUT2D eigenvalue weighted by Crippen LogP contribution is 1.98. The Morgan fingerprint density at radius 2 is 2.36 bits per heavy atom. The zero-order chi connectivity index (χ0) is 8.53. The second-order valence-electron chi connectivity index (χ2n) is 2.39. The Balaban J connectivity index is 3.25. The van der Waals surface area contributed by atoms with Gasteiger partial charge in [-0.2, -0.15) is 11.8 Å². The van der Waals surface area contributed by atoms with Crippen molar-refractivity contribution >= 4 is 11.8 Å². The topological polar surface area (TPSA) is 58.3 Å². The lowest BCUT2D eigenvalue weighted by Gasteiger charge is -2.14. The van der Waals surface area contributed by atoms with Crippen LogP contribution >= 0.6 is 11.8 Å². The summed E-state index contributed by atoms with van der Waals surface area (Å²) in [5.74, 6) is 1.13. The van der Waals surface area contributed by atoms with Gasteiger partial charge in [0.15, 0.2) is 0 Å². The van der Waals surface area contributed by atoms with Crippen molar-refractivity contribution in [1.29, 1.82) is 0 Å². The highest BCUT2D eigenvalue weighted by molar-refractivity contribution is 7.98. The lowest BCUT2D eigenvalue weighted by molar-refractivity contribution is 0.284. The Morgan fingerprint density at radius 1 is 1.64 bits per heavy atom. The van der Waals surface area contributed by atoms with Crippen LogP contribution < -0.4 is 11.1 Å².